The van der Waals surface area contributed by atoms with Crippen LogP contribution in [0.15, 0.2) is 24.3 Å². The second-order valence-corrected chi connectivity index (χ2v) is 3.63. The van der Waals surface area contributed by atoms with Crippen molar-refractivity contribution in [1.29, 1.82) is 0 Å². The monoisotopic (exact) mass is 224 g/mol. The number of hydrogen-bond acceptors (Lipinski definition) is 3. The molecule has 1 N–H and O–H groups in total. The zero-order chi connectivity index (χ0) is 12.2. The van der Waals surface area contributed by atoms with E-state index in [0.717, 1.165) is 5.56 Å². The first-order chi connectivity index (χ1) is 7.56. The van der Waals surface area contributed by atoms with Crippen LogP contribution >= 0.6 is 0 Å². The Morgan fingerprint density at radius 1 is 1.38 bits per heavy atom. The van der Waals surface area contributed by atoms with Gasteiger partial charge in [0.1, 0.15) is 0 Å². The summed E-state index contributed by atoms with van der Waals surface area (Å²) in [5.74, 6) is -1.02. The van der Waals surface area contributed by atoms with Crippen molar-refractivity contribution in [2.24, 2.45) is 0 Å². The molecule has 1 aromatic rings. The Labute approximate surface area is 94.8 Å². The first kappa shape index (κ1) is 12.7. The molecule has 0 saturated carbocycles. The van der Waals surface area contributed by atoms with Crippen molar-refractivity contribution in [2.45, 2.75) is 19.1 Å². The van der Waals surface area contributed by atoms with Crippen molar-refractivity contribution in [3.05, 3.63) is 35.4 Å². The van der Waals surface area contributed by atoms with Gasteiger partial charge >= 0.3 is 5.97 Å². The molecule has 1 aromatic carbocycles. The van der Waals surface area contributed by atoms with Crippen LogP contribution in [0.1, 0.15) is 18.1 Å². The van der Waals surface area contributed by atoms with Gasteiger partial charge in [-0.2, -0.15) is 0 Å². The van der Waals surface area contributed by atoms with Crippen LogP contribution in [0.3, 0.4) is 0 Å². The third-order valence-electron chi connectivity index (χ3n) is 2.65. The molecule has 0 radical (unpaired) electrons. The maximum absolute atomic E-state index is 11.2. The van der Waals surface area contributed by atoms with Crippen LogP contribution in [-0.4, -0.2) is 25.3 Å². The summed E-state index contributed by atoms with van der Waals surface area (Å²) >= 11 is 0. The highest BCUT2D eigenvalue weighted by Gasteiger charge is 2.36. The number of carboxylic acids is 1. The maximum atomic E-state index is 11.2. The molecule has 0 aliphatic carbocycles. The highest BCUT2D eigenvalue weighted by molar-refractivity contribution is 5.79. The topological polar surface area (TPSA) is 55.8 Å². The molecule has 0 aliphatic rings. The van der Waals surface area contributed by atoms with Crippen molar-refractivity contribution in [3.63, 3.8) is 0 Å². The maximum Gasteiger partial charge on any atom is 0.340 e. The summed E-state index contributed by atoms with van der Waals surface area (Å²) in [6.07, 6.45) is 0. The van der Waals surface area contributed by atoms with Crippen molar-refractivity contribution >= 4 is 5.97 Å². The van der Waals surface area contributed by atoms with E-state index in [4.69, 9.17) is 9.47 Å². The predicted octanol–water partition coefficient (Wildman–Crippen LogP) is 1.78. The molecule has 4 heteroatoms. The van der Waals surface area contributed by atoms with E-state index in [1.165, 1.54) is 14.0 Å². The Morgan fingerprint density at radius 2 is 2.00 bits per heavy atom. The lowest BCUT2D eigenvalue weighted by Gasteiger charge is -2.25. The average molecular weight is 224 g/mol. The molecule has 4 nitrogen and oxygen atoms in total. The predicted molar refractivity (Wildman–Crippen MR) is 59.2 cm³/mol. The smallest absolute Gasteiger partial charge is 0.340 e. The van der Waals surface area contributed by atoms with Crippen molar-refractivity contribution in [2.75, 3.05) is 14.2 Å². The molecule has 0 amide bonds. The van der Waals surface area contributed by atoms with Gasteiger partial charge < -0.3 is 14.6 Å². The molecule has 16 heavy (non-hydrogen) atoms. The third kappa shape index (κ3) is 2.23. The van der Waals surface area contributed by atoms with Gasteiger partial charge in [-0.15, -0.1) is 0 Å². The van der Waals surface area contributed by atoms with Crippen LogP contribution in [0.2, 0.25) is 0 Å². The minimum Gasteiger partial charge on any atom is -0.479 e. The summed E-state index contributed by atoms with van der Waals surface area (Å²) < 4.78 is 10.2. The first-order valence-electron chi connectivity index (χ1n) is 4.92. The molecule has 0 bridgehead atoms. The zero-order valence-electron chi connectivity index (χ0n) is 9.69. The molecule has 0 spiro atoms. The second-order valence-electron chi connectivity index (χ2n) is 3.63. The molecule has 0 aliphatic heterocycles. The lowest BCUT2D eigenvalue weighted by atomic mass is 9.91. The standard InChI is InChI=1S/C12H16O4/c1-12(16-3,11(13)14)10-7-5-4-6-9(10)8-15-2/h4-7H,8H2,1-3H3,(H,13,14). The number of hydrogen-bond donors (Lipinski definition) is 1. The number of carboxylic acid groups (broad SMARTS) is 1. The van der Waals surface area contributed by atoms with Crippen molar-refractivity contribution < 1.29 is 19.4 Å². The molecule has 0 fully saturated rings. The number of benzene rings is 1. The van der Waals surface area contributed by atoms with Crippen LogP contribution in [0.4, 0.5) is 0 Å². The number of carbonyl (C=O) groups is 1. The number of ether oxygens (including phenoxy) is 2. The Balaban J connectivity index is 3.24. The van der Waals surface area contributed by atoms with Crippen molar-refractivity contribution in [3.8, 4) is 0 Å². The molecular formula is C12H16O4. The molecule has 0 heterocycles. The van der Waals surface area contributed by atoms with Crippen LogP contribution in [0.25, 0.3) is 0 Å². The van der Waals surface area contributed by atoms with Gasteiger partial charge in [0.15, 0.2) is 5.60 Å². The third-order valence-corrected chi connectivity index (χ3v) is 2.65. The Morgan fingerprint density at radius 3 is 2.50 bits per heavy atom. The highest BCUT2D eigenvalue weighted by atomic mass is 16.5. The summed E-state index contributed by atoms with van der Waals surface area (Å²) in [5.41, 5.74) is 0.0957. The fourth-order valence-corrected chi connectivity index (χ4v) is 1.58. The van der Waals surface area contributed by atoms with Crippen LogP contribution in [-0.2, 0) is 26.5 Å². The molecule has 0 aromatic heterocycles. The number of aliphatic carboxylic acids is 1. The van der Waals surface area contributed by atoms with Gasteiger partial charge in [-0.3, -0.25) is 0 Å². The lowest BCUT2D eigenvalue weighted by Crippen LogP contribution is -2.35. The van der Waals surface area contributed by atoms with Gasteiger partial charge in [-0.05, 0) is 12.5 Å². The molecule has 88 valence electrons. The second kappa shape index (κ2) is 5.09. The van der Waals surface area contributed by atoms with Crippen LogP contribution < -0.4 is 0 Å². The van der Waals surface area contributed by atoms with E-state index in [1.54, 1.807) is 19.2 Å². The van der Waals surface area contributed by atoms with Gasteiger partial charge in [0.2, 0.25) is 0 Å². The minimum absolute atomic E-state index is 0.363. The Bertz CT molecular complexity index is 375. The first-order valence-corrected chi connectivity index (χ1v) is 4.92. The van der Waals surface area contributed by atoms with E-state index in [0.29, 0.717) is 12.2 Å². The van der Waals surface area contributed by atoms with E-state index < -0.39 is 11.6 Å². The molecule has 1 unspecified atom stereocenters. The molecule has 1 rings (SSSR count). The Kier molecular flexibility index (Phi) is 4.04. The van der Waals surface area contributed by atoms with E-state index in [-0.39, 0.29) is 0 Å². The molecular weight excluding hydrogens is 208 g/mol. The van der Waals surface area contributed by atoms with E-state index in [2.05, 4.69) is 0 Å². The lowest BCUT2D eigenvalue weighted by molar-refractivity contribution is -0.161. The van der Waals surface area contributed by atoms with E-state index >= 15 is 0 Å². The summed E-state index contributed by atoms with van der Waals surface area (Å²) in [6, 6.07) is 7.20. The normalized spacial score (nSPS) is 14.4. The highest BCUT2D eigenvalue weighted by Crippen LogP contribution is 2.28. The van der Waals surface area contributed by atoms with Gasteiger partial charge in [-0.1, -0.05) is 24.3 Å². The number of methoxy groups -OCH3 is 2. The quantitative estimate of drug-likeness (QED) is 0.828. The Hall–Kier alpha value is -1.39. The average Bonchev–Trinajstić information content (AvgIpc) is 2.29. The van der Waals surface area contributed by atoms with Crippen molar-refractivity contribution in [1.82, 2.24) is 0 Å². The van der Waals surface area contributed by atoms with E-state index in [1.807, 2.05) is 12.1 Å². The SMILES string of the molecule is COCc1ccccc1C(C)(OC)C(=O)O. The van der Waals surface area contributed by atoms with Gasteiger partial charge in [0.25, 0.3) is 0 Å². The zero-order valence-corrected chi connectivity index (χ0v) is 9.69. The van der Waals surface area contributed by atoms with Gasteiger partial charge in [-0.25, -0.2) is 4.79 Å². The number of rotatable bonds is 5. The summed E-state index contributed by atoms with van der Waals surface area (Å²) in [6.45, 7) is 1.90. The molecule has 1 atom stereocenters. The summed E-state index contributed by atoms with van der Waals surface area (Å²) in [4.78, 5) is 11.2. The summed E-state index contributed by atoms with van der Waals surface area (Å²) in [7, 11) is 2.96. The summed E-state index contributed by atoms with van der Waals surface area (Å²) in [5, 5.41) is 9.21. The largest absolute Gasteiger partial charge is 0.479 e. The fraction of sp³-hybridized carbons (Fsp3) is 0.417. The van der Waals surface area contributed by atoms with Gasteiger partial charge in [0, 0.05) is 19.8 Å². The molecule has 0 saturated heterocycles. The van der Waals surface area contributed by atoms with Crippen LogP contribution in [0.5, 0.6) is 0 Å². The minimum atomic E-state index is -1.34. The van der Waals surface area contributed by atoms with E-state index in [9.17, 15) is 9.90 Å². The fourth-order valence-electron chi connectivity index (χ4n) is 1.58. The van der Waals surface area contributed by atoms with Gasteiger partial charge in [0.05, 0.1) is 6.61 Å². The van der Waals surface area contributed by atoms with Crippen LogP contribution in [0, 0.1) is 0 Å².